The second kappa shape index (κ2) is 9.61. The van der Waals surface area contributed by atoms with Gasteiger partial charge in [-0.25, -0.2) is 4.79 Å². The average Bonchev–Trinajstić information content (AvgIpc) is 2.22. The van der Waals surface area contributed by atoms with Gasteiger partial charge in [-0.1, -0.05) is 6.58 Å². The van der Waals surface area contributed by atoms with Gasteiger partial charge < -0.3 is 19.7 Å². The molecular weight excluding hydrogens is 238 g/mol. The van der Waals surface area contributed by atoms with Gasteiger partial charge in [-0.15, -0.1) is 0 Å². The number of nitrogens with zero attached hydrogens (tertiary/aromatic N) is 1. The van der Waals surface area contributed by atoms with Crippen molar-refractivity contribution in [3.05, 3.63) is 12.2 Å². The van der Waals surface area contributed by atoms with E-state index in [-0.39, 0.29) is 12.6 Å². The van der Waals surface area contributed by atoms with E-state index in [0.717, 1.165) is 13.5 Å². The molecule has 0 aromatic heterocycles. The Morgan fingerprint density at radius 1 is 1.33 bits per heavy atom. The molecule has 0 unspecified atom stereocenters. The topological polar surface area (TPSA) is 86.7 Å². The first kappa shape index (κ1) is 19.0. The van der Waals surface area contributed by atoms with Gasteiger partial charge in [-0.2, -0.15) is 0 Å². The second-order valence-corrected chi connectivity index (χ2v) is 4.57. The van der Waals surface area contributed by atoms with Gasteiger partial charge in [0.2, 0.25) is 6.73 Å². The first-order valence-electron chi connectivity index (χ1n) is 5.55. The summed E-state index contributed by atoms with van der Waals surface area (Å²) in [6, 6.07) is 0. The number of esters is 1. The van der Waals surface area contributed by atoms with E-state index in [1.807, 2.05) is 14.1 Å². The summed E-state index contributed by atoms with van der Waals surface area (Å²) in [5.74, 6) is -1.44. The van der Waals surface area contributed by atoms with E-state index in [2.05, 4.69) is 6.58 Å². The Morgan fingerprint density at radius 3 is 2.11 bits per heavy atom. The first-order valence-corrected chi connectivity index (χ1v) is 5.55. The van der Waals surface area contributed by atoms with Gasteiger partial charge in [0.25, 0.3) is 0 Å². The van der Waals surface area contributed by atoms with Crippen LogP contribution in [0.15, 0.2) is 12.2 Å². The fourth-order valence-corrected chi connectivity index (χ4v) is 0.920. The van der Waals surface area contributed by atoms with E-state index in [9.17, 15) is 4.79 Å². The van der Waals surface area contributed by atoms with Crippen LogP contribution in [0.4, 0.5) is 0 Å². The van der Waals surface area contributed by atoms with Crippen molar-refractivity contribution in [2.75, 3.05) is 34.0 Å². The largest absolute Gasteiger partial charge is 0.550 e. The standard InChI is InChI=1S/C10H20NO3.C2H4O2/c1-9(2)10(13)14-8-11(3,4)6-5-7-12;1-2(3)4/h12H,1,5-8H2,2-4H3;1H3,(H,3,4)/q+1;/p-1. The molecule has 0 saturated heterocycles. The minimum Gasteiger partial charge on any atom is -0.550 e. The fraction of sp³-hybridized carbons (Fsp3) is 0.667. The number of carboxylic acids is 1. The smallest absolute Gasteiger partial charge is 0.337 e. The van der Waals surface area contributed by atoms with Crippen LogP contribution in [-0.2, 0) is 14.3 Å². The SMILES string of the molecule is C=C(C)C(=O)OC[N+](C)(C)CCCO.CC(=O)[O-]. The highest BCUT2D eigenvalue weighted by molar-refractivity contribution is 5.86. The number of hydrogen-bond donors (Lipinski definition) is 1. The van der Waals surface area contributed by atoms with Crippen molar-refractivity contribution in [1.82, 2.24) is 0 Å². The number of ether oxygens (including phenoxy) is 1. The Hall–Kier alpha value is -1.40. The molecule has 0 fully saturated rings. The summed E-state index contributed by atoms with van der Waals surface area (Å²) in [4.78, 5) is 20.0. The molecule has 0 saturated carbocycles. The summed E-state index contributed by atoms with van der Waals surface area (Å²) < 4.78 is 5.57. The molecule has 0 aromatic carbocycles. The Morgan fingerprint density at radius 2 is 1.78 bits per heavy atom. The molecule has 6 heteroatoms. The number of quaternary nitrogens is 1. The van der Waals surface area contributed by atoms with Crippen LogP contribution in [0.1, 0.15) is 20.3 Å². The van der Waals surface area contributed by atoms with Gasteiger partial charge in [-0.05, 0) is 13.8 Å². The maximum absolute atomic E-state index is 11.1. The van der Waals surface area contributed by atoms with Crippen molar-refractivity contribution in [3.63, 3.8) is 0 Å². The number of aliphatic hydroxyl groups is 1. The minimum absolute atomic E-state index is 0.163. The van der Waals surface area contributed by atoms with E-state index in [1.54, 1.807) is 6.92 Å². The van der Waals surface area contributed by atoms with E-state index < -0.39 is 5.97 Å². The number of carbonyl (C=O) groups is 2. The van der Waals surface area contributed by atoms with Gasteiger partial charge >= 0.3 is 5.97 Å². The lowest BCUT2D eigenvalue weighted by molar-refractivity contribution is -0.907. The quantitative estimate of drug-likeness (QED) is 0.295. The highest BCUT2D eigenvalue weighted by atomic mass is 16.5. The van der Waals surface area contributed by atoms with Crippen molar-refractivity contribution < 1.29 is 29.0 Å². The van der Waals surface area contributed by atoms with Crippen molar-refractivity contribution in [3.8, 4) is 0 Å². The lowest BCUT2D eigenvalue weighted by atomic mass is 10.4. The number of rotatable bonds is 6. The Balaban J connectivity index is 0. The fourth-order valence-electron chi connectivity index (χ4n) is 0.920. The normalized spacial score (nSPS) is 10.1. The molecule has 0 bridgehead atoms. The molecule has 0 aliphatic carbocycles. The van der Waals surface area contributed by atoms with Crippen LogP contribution in [0.3, 0.4) is 0 Å². The Bertz CT molecular complexity index is 282. The van der Waals surface area contributed by atoms with Crippen LogP contribution in [-0.4, -0.2) is 55.5 Å². The Labute approximate surface area is 108 Å². The highest BCUT2D eigenvalue weighted by Crippen LogP contribution is 2.01. The van der Waals surface area contributed by atoms with Crippen LogP contribution in [0.25, 0.3) is 0 Å². The number of aliphatic hydroxyl groups excluding tert-OH is 1. The van der Waals surface area contributed by atoms with E-state index in [4.69, 9.17) is 19.7 Å². The molecule has 18 heavy (non-hydrogen) atoms. The zero-order valence-electron chi connectivity index (χ0n) is 11.6. The molecule has 6 nitrogen and oxygen atoms in total. The third-order valence-electron chi connectivity index (χ3n) is 1.82. The molecule has 0 radical (unpaired) electrons. The number of carbonyl (C=O) groups excluding carboxylic acids is 2. The van der Waals surface area contributed by atoms with Crippen LogP contribution in [0.2, 0.25) is 0 Å². The zero-order valence-corrected chi connectivity index (χ0v) is 11.6. The first-order chi connectivity index (χ1) is 8.12. The number of aliphatic carboxylic acids is 1. The van der Waals surface area contributed by atoms with Crippen LogP contribution >= 0.6 is 0 Å². The summed E-state index contributed by atoms with van der Waals surface area (Å²) >= 11 is 0. The van der Waals surface area contributed by atoms with Crippen molar-refractivity contribution in [1.29, 1.82) is 0 Å². The van der Waals surface area contributed by atoms with E-state index in [1.165, 1.54) is 0 Å². The third-order valence-corrected chi connectivity index (χ3v) is 1.82. The average molecular weight is 261 g/mol. The van der Waals surface area contributed by atoms with Gasteiger partial charge in [0.05, 0.1) is 20.6 Å². The van der Waals surface area contributed by atoms with Crippen LogP contribution in [0, 0.1) is 0 Å². The molecule has 0 aromatic rings. The molecule has 0 rings (SSSR count). The van der Waals surface area contributed by atoms with E-state index in [0.29, 0.717) is 23.2 Å². The maximum Gasteiger partial charge on any atom is 0.337 e. The monoisotopic (exact) mass is 261 g/mol. The molecule has 0 atom stereocenters. The summed E-state index contributed by atoms with van der Waals surface area (Å²) in [5.41, 5.74) is 0.409. The van der Waals surface area contributed by atoms with Gasteiger partial charge in [0.1, 0.15) is 0 Å². The molecule has 0 amide bonds. The Kier molecular flexibility index (Phi) is 10.1. The van der Waals surface area contributed by atoms with Gasteiger partial charge in [0.15, 0.2) is 0 Å². The number of hydrogen-bond acceptors (Lipinski definition) is 5. The lowest BCUT2D eigenvalue weighted by Gasteiger charge is -2.28. The number of carboxylic acid groups (broad SMARTS) is 1. The zero-order chi connectivity index (χ0) is 14.8. The molecule has 0 heterocycles. The minimum atomic E-state index is -1.08. The molecule has 0 spiro atoms. The summed E-state index contributed by atoms with van der Waals surface area (Å²) in [5, 5.41) is 17.6. The summed E-state index contributed by atoms with van der Waals surface area (Å²) in [6.45, 7) is 7.34. The molecule has 0 aliphatic rings. The summed E-state index contributed by atoms with van der Waals surface area (Å²) in [6.07, 6.45) is 0.706. The predicted octanol–water partition coefficient (Wildman–Crippen LogP) is -0.722. The lowest BCUT2D eigenvalue weighted by Crippen LogP contribution is -2.43. The molecule has 106 valence electrons. The second-order valence-electron chi connectivity index (χ2n) is 4.57. The third kappa shape index (κ3) is 14.6. The predicted molar refractivity (Wildman–Crippen MR) is 65.1 cm³/mol. The highest BCUT2D eigenvalue weighted by Gasteiger charge is 2.16. The summed E-state index contributed by atoms with van der Waals surface area (Å²) in [7, 11) is 3.89. The van der Waals surface area contributed by atoms with Gasteiger partial charge in [-0.3, -0.25) is 4.48 Å². The van der Waals surface area contributed by atoms with Crippen molar-refractivity contribution >= 4 is 11.9 Å². The van der Waals surface area contributed by atoms with Crippen LogP contribution < -0.4 is 5.11 Å². The van der Waals surface area contributed by atoms with Gasteiger partial charge in [0, 0.05) is 24.6 Å². The van der Waals surface area contributed by atoms with E-state index >= 15 is 0 Å². The molecular formula is C12H23NO5. The molecule has 0 aliphatic heterocycles. The molecule has 1 N–H and O–H groups in total. The maximum atomic E-state index is 11.1. The van der Waals surface area contributed by atoms with Crippen molar-refractivity contribution in [2.45, 2.75) is 20.3 Å². The van der Waals surface area contributed by atoms with Crippen molar-refractivity contribution in [2.24, 2.45) is 0 Å². The van der Waals surface area contributed by atoms with Crippen LogP contribution in [0.5, 0.6) is 0 Å².